The highest BCUT2D eigenvalue weighted by atomic mass is 35.5. The van der Waals surface area contributed by atoms with E-state index in [1.54, 1.807) is 0 Å². The summed E-state index contributed by atoms with van der Waals surface area (Å²) in [5.41, 5.74) is 5.61. The lowest BCUT2D eigenvalue weighted by atomic mass is 9.94. The summed E-state index contributed by atoms with van der Waals surface area (Å²) in [6, 6.07) is 0.506. The van der Waals surface area contributed by atoms with E-state index >= 15 is 0 Å². The molecule has 2 rings (SSSR count). The predicted molar refractivity (Wildman–Crippen MR) is 69.1 cm³/mol. The maximum Gasteiger partial charge on any atom is 0.231 e. The number of nitrogen functional groups attached to an aromatic ring is 1. The first kappa shape index (κ1) is 12.4. The van der Waals surface area contributed by atoms with E-state index in [0.717, 1.165) is 6.54 Å². The fourth-order valence-corrected chi connectivity index (χ4v) is 2.60. The van der Waals surface area contributed by atoms with Crippen molar-refractivity contribution in [1.82, 2.24) is 15.0 Å². The van der Waals surface area contributed by atoms with E-state index in [9.17, 15) is 0 Å². The van der Waals surface area contributed by atoms with Gasteiger partial charge in [-0.1, -0.05) is 19.3 Å². The van der Waals surface area contributed by atoms with Crippen molar-refractivity contribution in [1.29, 1.82) is 0 Å². The normalized spacial score (nSPS) is 17.1. The molecule has 17 heavy (non-hydrogen) atoms. The van der Waals surface area contributed by atoms with E-state index in [2.05, 4.69) is 26.8 Å². The van der Waals surface area contributed by atoms with Crippen molar-refractivity contribution in [3.05, 3.63) is 5.28 Å². The summed E-state index contributed by atoms with van der Waals surface area (Å²) in [7, 11) is 0. The molecular weight excluding hydrogens is 238 g/mol. The van der Waals surface area contributed by atoms with Crippen LogP contribution in [0.4, 0.5) is 11.9 Å². The fourth-order valence-electron chi connectivity index (χ4n) is 2.44. The van der Waals surface area contributed by atoms with Crippen LogP contribution in [0, 0.1) is 0 Å². The van der Waals surface area contributed by atoms with Gasteiger partial charge < -0.3 is 10.6 Å². The van der Waals surface area contributed by atoms with Crippen molar-refractivity contribution in [2.45, 2.75) is 45.1 Å². The van der Waals surface area contributed by atoms with E-state index in [4.69, 9.17) is 17.3 Å². The van der Waals surface area contributed by atoms with Crippen LogP contribution in [0.25, 0.3) is 0 Å². The second kappa shape index (κ2) is 5.49. The van der Waals surface area contributed by atoms with Crippen molar-refractivity contribution in [2.24, 2.45) is 0 Å². The molecule has 0 radical (unpaired) electrons. The number of aromatic nitrogens is 3. The van der Waals surface area contributed by atoms with E-state index < -0.39 is 0 Å². The summed E-state index contributed by atoms with van der Waals surface area (Å²) in [6.07, 6.45) is 6.26. The topological polar surface area (TPSA) is 67.9 Å². The quantitative estimate of drug-likeness (QED) is 0.897. The van der Waals surface area contributed by atoms with Gasteiger partial charge in [0.2, 0.25) is 17.2 Å². The standard InChI is InChI=1S/C11H18ClN5/c1-2-17(8-6-4-3-5-7-8)11-15-9(12)14-10(13)16-11/h8H,2-7H2,1H3,(H2,13,14,15,16). The average molecular weight is 256 g/mol. The van der Waals surface area contributed by atoms with Crippen LogP contribution in [0.15, 0.2) is 0 Å². The minimum absolute atomic E-state index is 0.168. The number of halogens is 1. The lowest BCUT2D eigenvalue weighted by Crippen LogP contribution is -2.38. The third-order valence-electron chi connectivity index (χ3n) is 3.23. The van der Waals surface area contributed by atoms with Crippen molar-refractivity contribution in [3.63, 3.8) is 0 Å². The van der Waals surface area contributed by atoms with Gasteiger partial charge in [0.05, 0.1) is 0 Å². The molecule has 0 bridgehead atoms. The molecule has 1 saturated carbocycles. The Hall–Kier alpha value is -1.10. The highest BCUT2D eigenvalue weighted by molar-refractivity contribution is 6.28. The second-order valence-corrected chi connectivity index (χ2v) is 4.68. The Morgan fingerprint density at radius 1 is 1.24 bits per heavy atom. The van der Waals surface area contributed by atoms with Crippen molar-refractivity contribution < 1.29 is 0 Å². The van der Waals surface area contributed by atoms with Crippen LogP contribution >= 0.6 is 11.6 Å². The van der Waals surface area contributed by atoms with Crippen LogP contribution in [0.2, 0.25) is 5.28 Å². The lowest BCUT2D eigenvalue weighted by Gasteiger charge is -2.33. The fraction of sp³-hybridized carbons (Fsp3) is 0.727. The minimum atomic E-state index is 0.168. The molecular formula is C11H18ClN5. The Labute approximate surface area is 106 Å². The summed E-state index contributed by atoms with van der Waals surface area (Å²) in [5, 5.41) is 0.168. The maximum absolute atomic E-state index is 5.82. The summed E-state index contributed by atoms with van der Waals surface area (Å²) >= 11 is 5.82. The first-order valence-electron chi connectivity index (χ1n) is 6.14. The molecule has 0 spiro atoms. The van der Waals surface area contributed by atoms with Gasteiger partial charge >= 0.3 is 0 Å². The maximum atomic E-state index is 5.82. The van der Waals surface area contributed by atoms with Gasteiger partial charge in [0.1, 0.15) is 0 Å². The largest absolute Gasteiger partial charge is 0.368 e. The second-order valence-electron chi connectivity index (χ2n) is 4.34. The first-order valence-corrected chi connectivity index (χ1v) is 6.52. The third kappa shape index (κ3) is 2.97. The number of anilines is 2. The van der Waals surface area contributed by atoms with Crippen LogP contribution in [0.3, 0.4) is 0 Å². The SMILES string of the molecule is CCN(c1nc(N)nc(Cl)n1)C1CCCCC1. The summed E-state index contributed by atoms with van der Waals surface area (Å²) < 4.78 is 0. The van der Waals surface area contributed by atoms with Crippen LogP contribution in [0.5, 0.6) is 0 Å². The molecule has 1 aromatic rings. The van der Waals surface area contributed by atoms with E-state index in [1.807, 2.05) is 0 Å². The first-order chi connectivity index (χ1) is 8.20. The van der Waals surface area contributed by atoms with E-state index in [0.29, 0.717) is 12.0 Å². The van der Waals surface area contributed by atoms with Gasteiger partial charge in [-0.15, -0.1) is 0 Å². The molecule has 1 heterocycles. The molecule has 0 saturated heterocycles. The van der Waals surface area contributed by atoms with Gasteiger partial charge in [0.15, 0.2) is 0 Å². The van der Waals surface area contributed by atoms with Crippen molar-refractivity contribution >= 4 is 23.5 Å². The number of hydrogen-bond acceptors (Lipinski definition) is 5. The molecule has 2 N–H and O–H groups in total. The van der Waals surface area contributed by atoms with Gasteiger partial charge in [-0.25, -0.2) is 0 Å². The Kier molecular flexibility index (Phi) is 3.99. The van der Waals surface area contributed by atoms with Gasteiger partial charge in [0.25, 0.3) is 0 Å². The summed E-state index contributed by atoms with van der Waals surface area (Å²) in [5.74, 6) is 0.797. The number of nitrogens with two attached hydrogens (primary N) is 1. The molecule has 1 aliphatic rings. The average Bonchev–Trinajstić information content (AvgIpc) is 2.30. The van der Waals surface area contributed by atoms with Crippen LogP contribution in [0.1, 0.15) is 39.0 Å². The molecule has 94 valence electrons. The Morgan fingerprint density at radius 2 is 1.94 bits per heavy atom. The van der Waals surface area contributed by atoms with Crippen LogP contribution in [-0.2, 0) is 0 Å². The number of hydrogen-bond donors (Lipinski definition) is 1. The highest BCUT2D eigenvalue weighted by Gasteiger charge is 2.22. The zero-order valence-electron chi connectivity index (χ0n) is 10.1. The van der Waals surface area contributed by atoms with Gasteiger partial charge in [0, 0.05) is 12.6 Å². The Bertz CT molecular complexity index is 358. The summed E-state index contributed by atoms with van der Waals surface area (Å²) in [4.78, 5) is 14.3. The number of nitrogens with zero attached hydrogens (tertiary/aromatic N) is 4. The molecule has 0 amide bonds. The zero-order valence-corrected chi connectivity index (χ0v) is 10.8. The molecule has 0 aromatic carbocycles. The molecule has 0 unspecified atom stereocenters. The Balaban J connectivity index is 2.21. The monoisotopic (exact) mass is 255 g/mol. The molecule has 5 nitrogen and oxygen atoms in total. The highest BCUT2D eigenvalue weighted by Crippen LogP contribution is 2.25. The predicted octanol–water partition coefficient (Wildman–Crippen LogP) is 2.27. The minimum Gasteiger partial charge on any atom is -0.368 e. The molecule has 1 aliphatic carbocycles. The molecule has 0 aliphatic heterocycles. The van der Waals surface area contributed by atoms with E-state index in [1.165, 1.54) is 32.1 Å². The van der Waals surface area contributed by atoms with Gasteiger partial charge in [-0.2, -0.15) is 15.0 Å². The van der Waals surface area contributed by atoms with Crippen LogP contribution < -0.4 is 10.6 Å². The van der Waals surface area contributed by atoms with Crippen LogP contribution in [-0.4, -0.2) is 27.5 Å². The molecule has 0 atom stereocenters. The van der Waals surface area contributed by atoms with E-state index in [-0.39, 0.29) is 11.2 Å². The van der Waals surface area contributed by atoms with Crippen molar-refractivity contribution in [3.8, 4) is 0 Å². The summed E-state index contributed by atoms with van der Waals surface area (Å²) in [6.45, 7) is 2.97. The molecule has 6 heteroatoms. The number of rotatable bonds is 3. The smallest absolute Gasteiger partial charge is 0.231 e. The molecule has 1 aromatic heterocycles. The Morgan fingerprint density at radius 3 is 2.53 bits per heavy atom. The third-order valence-corrected chi connectivity index (χ3v) is 3.40. The van der Waals surface area contributed by atoms with Crippen molar-refractivity contribution in [2.75, 3.05) is 17.2 Å². The zero-order chi connectivity index (χ0) is 12.3. The molecule has 1 fully saturated rings. The van der Waals surface area contributed by atoms with Gasteiger partial charge in [-0.3, -0.25) is 0 Å². The lowest BCUT2D eigenvalue weighted by molar-refractivity contribution is 0.414. The van der Waals surface area contributed by atoms with Gasteiger partial charge in [-0.05, 0) is 31.4 Å².